The van der Waals surface area contributed by atoms with Crippen LogP contribution in [0.15, 0.2) is 88.1 Å². The number of furan rings is 2. The molecule has 0 bridgehead atoms. The van der Waals surface area contributed by atoms with E-state index >= 15 is 0 Å². The van der Waals surface area contributed by atoms with Gasteiger partial charge in [-0.2, -0.15) is 0 Å². The first-order valence-corrected chi connectivity index (χ1v) is 11.2. The van der Waals surface area contributed by atoms with Crippen LogP contribution < -0.4 is 11.1 Å². The largest absolute Gasteiger partial charge is 0.463 e. The molecule has 0 saturated carbocycles. The number of ether oxygens (including phenoxy) is 1. The lowest BCUT2D eigenvalue weighted by Crippen LogP contribution is -2.30. The molecule has 0 aliphatic heterocycles. The Kier molecular flexibility index (Phi) is 6.21. The predicted molar refractivity (Wildman–Crippen MR) is 133 cm³/mol. The van der Waals surface area contributed by atoms with Crippen LogP contribution in [0.2, 0.25) is 0 Å². The summed E-state index contributed by atoms with van der Waals surface area (Å²) < 4.78 is 16.4. The molecule has 0 aliphatic rings. The van der Waals surface area contributed by atoms with Crippen molar-refractivity contribution >= 4 is 34.5 Å². The molecule has 2 amide bonds. The molecule has 184 valence electrons. The van der Waals surface area contributed by atoms with Gasteiger partial charge in [0.1, 0.15) is 11.4 Å². The summed E-state index contributed by atoms with van der Waals surface area (Å²) in [6.45, 7) is 1.45. The maximum Gasteiger partial charge on any atom is 0.338 e. The zero-order valence-electron chi connectivity index (χ0n) is 19.5. The van der Waals surface area contributed by atoms with E-state index in [9.17, 15) is 14.4 Å². The Morgan fingerprint density at radius 3 is 2.00 bits per heavy atom. The third-order valence-electron chi connectivity index (χ3n) is 5.50. The van der Waals surface area contributed by atoms with Gasteiger partial charge in [-0.25, -0.2) is 14.8 Å². The number of nitrogens with zero attached hydrogens (tertiary/aromatic N) is 2. The number of hydrogen-bond donors (Lipinski definition) is 2. The number of fused-ring (bicyclic) bond motifs is 1. The number of anilines is 1. The van der Waals surface area contributed by atoms with Crippen LogP contribution in [0, 0.1) is 0 Å². The first-order valence-electron chi connectivity index (χ1n) is 11.2. The quantitative estimate of drug-likeness (QED) is 0.314. The normalized spacial score (nSPS) is 11.7. The Bertz CT molecular complexity index is 1590. The summed E-state index contributed by atoms with van der Waals surface area (Å²) in [5.74, 6) is -0.806. The molecule has 5 rings (SSSR count). The van der Waals surface area contributed by atoms with Gasteiger partial charge >= 0.3 is 5.97 Å². The van der Waals surface area contributed by atoms with Crippen LogP contribution in [0.5, 0.6) is 0 Å². The summed E-state index contributed by atoms with van der Waals surface area (Å²) in [6, 6.07) is 17.8. The molecule has 10 heteroatoms. The lowest BCUT2D eigenvalue weighted by atomic mass is 10.1. The zero-order valence-corrected chi connectivity index (χ0v) is 19.5. The van der Waals surface area contributed by atoms with Crippen LogP contribution >= 0.6 is 0 Å². The van der Waals surface area contributed by atoms with E-state index in [1.165, 1.54) is 43.5 Å². The van der Waals surface area contributed by atoms with Crippen LogP contribution in [0.3, 0.4) is 0 Å². The molecule has 0 spiro atoms. The average Bonchev–Trinajstić information content (AvgIpc) is 3.63. The minimum absolute atomic E-state index is 0.198. The Labute approximate surface area is 210 Å². The van der Waals surface area contributed by atoms with Gasteiger partial charge in [0.25, 0.3) is 5.91 Å². The SMILES string of the molecule is CC(OC(=O)c1ccc2nc(-c3ccco3)c(-c3ccco3)nc2c1)C(=O)Nc1ccc(C(N)=O)cc1. The molecule has 37 heavy (non-hydrogen) atoms. The van der Waals surface area contributed by atoms with Crippen molar-refractivity contribution in [1.82, 2.24) is 9.97 Å². The molecule has 2 aromatic carbocycles. The summed E-state index contributed by atoms with van der Waals surface area (Å²) in [5, 5.41) is 2.63. The molecule has 0 fully saturated rings. The number of rotatable bonds is 7. The second kappa shape index (κ2) is 9.78. The number of carbonyl (C=O) groups excluding carboxylic acids is 3. The standard InChI is InChI=1S/C27H20N4O6/c1-15(26(33)29-18-9-6-16(7-10-18)25(28)32)37-27(34)17-8-11-19-20(14-17)31-24(22-5-3-13-36-22)23(30-19)21-4-2-12-35-21/h2-15H,1H3,(H2,28,32)(H,29,33). The fourth-order valence-electron chi connectivity index (χ4n) is 3.60. The first kappa shape index (κ1) is 23.5. The highest BCUT2D eigenvalue weighted by Gasteiger charge is 2.21. The smallest absolute Gasteiger partial charge is 0.338 e. The Morgan fingerprint density at radius 2 is 1.43 bits per heavy atom. The second-order valence-electron chi connectivity index (χ2n) is 8.06. The van der Waals surface area contributed by atoms with Crippen LogP contribution in [-0.2, 0) is 9.53 Å². The van der Waals surface area contributed by atoms with E-state index in [4.69, 9.17) is 19.3 Å². The maximum absolute atomic E-state index is 12.8. The van der Waals surface area contributed by atoms with Gasteiger partial charge in [-0.15, -0.1) is 0 Å². The molecule has 5 aromatic rings. The highest BCUT2D eigenvalue weighted by Crippen LogP contribution is 2.31. The number of benzene rings is 2. The van der Waals surface area contributed by atoms with Crippen molar-refractivity contribution in [2.45, 2.75) is 13.0 Å². The van der Waals surface area contributed by atoms with Gasteiger partial charge in [-0.3, -0.25) is 9.59 Å². The van der Waals surface area contributed by atoms with Crippen LogP contribution in [0.1, 0.15) is 27.6 Å². The van der Waals surface area contributed by atoms with E-state index in [1.807, 2.05) is 0 Å². The Morgan fingerprint density at radius 1 is 0.838 bits per heavy atom. The first-order chi connectivity index (χ1) is 17.9. The fourth-order valence-corrected chi connectivity index (χ4v) is 3.60. The Hall–Kier alpha value is -5.25. The summed E-state index contributed by atoms with van der Waals surface area (Å²) in [4.78, 5) is 45.8. The highest BCUT2D eigenvalue weighted by atomic mass is 16.5. The van der Waals surface area contributed by atoms with E-state index < -0.39 is 23.9 Å². The topological polar surface area (TPSA) is 151 Å². The van der Waals surface area contributed by atoms with Gasteiger partial charge in [0.05, 0.1) is 29.1 Å². The van der Waals surface area contributed by atoms with Gasteiger partial charge in [-0.05, 0) is 73.7 Å². The third-order valence-corrected chi connectivity index (χ3v) is 5.50. The molecular weight excluding hydrogens is 476 g/mol. The van der Waals surface area contributed by atoms with Crippen molar-refractivity contribution in [3.05, 3.63) is 90.4 Å². The lowest BCUT2D eigenvalue weighted by molar-refractivity contribution is -0.123. The molecule has 10 nitrogen and oxygen atoms in total. The number of hydrogen-bond acceptors (Lipinski definition) is 8. The lowest BCUT2D eigenvalue weighted by Gasteiger charge is -2.14. The minimum Gasteiger partial charge on any atom is -0.463 e. The van der Waals surface area contributed by atoms with E-state index in [2.05, 4.69) is 15.3 Å². The number of carbonyl (C=O) groups is 3. The summed E-state index contributed by atoms with van der Waals surface area (Å²) in [7, 11) is 0. The average molecular weight is 496 g/mol. The molecule has 0 radical (unpaired) electrons. The monoisotopic (exact) mass is 496 g/mol. The molecule has 3 aromatic heterocycles. The van der Waals surface area contributed by atoms with Crippen LogP contribution in [0.25, 0.3) is 33.9 Å². The number of primary amides is 1. The van der Waals surface area contributed by atoms with Gasteiger partial charge < -0.3 is 24.6 Å². The fraction of sp³-hybridized carbons (Fsp3) is 0.0741. The van der Waals surface area contributed by atoms with Gasteiger partial charge in [0.15, 0.2) is 17.6 Å². The van der Waals surface area contributed by atoms with Crippen LogP contribution in [-0.4, -0.2) is 33.9 Å². The van der Waals surface area contributed by atoms with Crippen molar-refractivity contribution in [3.63, 3.8) is 0 Å². The number of aromatic nitrogens is 2. The molecule has 1 unspecified atom stereocenters. The molecule has 3 N–H and O–H groups in total. The van der Waals surface area contributed by atoms with E-state index in [1.54, 1.807) is 42.7 Å². The third kappa shape index (κ3) is 4.94. The number of amides is 2. The second-order valence-corrected chi connectivity index (χ2v) is 8.06. The van der Waals surface area contributed by atoms with Gasteiger partial charge in [-0.1, -0.05) is 0 Å². The van der Waals surface area contributed by atoms with Crippen molar-refractivity contribution < 1.29 is 28.0 Å². The van der Waals surface area contributed by atoms with E-state index in [-0.39, 0.29) is 5.56 Å². The Balaban J connectivity index is 1.36. The molecule has 0 aliphatic carbocycles. The van der Waals surface area contributed by atoms with Gasteiger partial charge in [0.2, 0.25) is 5.91 Å². The summed E-state index contributed by atoms with van der Waals surface area (Å²) in [6.07, 6.45) is 1.98. The molecule has 0 saturated heterocycles. The number of nitrogens with one attached hydrogen (secondary N) is 1. The van der Waals surface area contributed by atoms with E-state index in [0.717, 1.165) is 0 Å². The van der Waals surface area contributed by atoms with Crippen LogP contribution in [0.4, 0.5) is 5.69 Å². The van der Waals surface area contributed by atoms with Gasteiger partial charge in [0, 0.05) is 11.3 Å². The predicted octanol–water partition coefficient (Wildman–Crippen LogP) is 4.43. The highest BCUT2D eigenvalue weighted by molar-refractivity contribution is 5.99. The van der Waals surface area contributed by atoms with Crippen molar-refractivity contribution in [3.8, 4) is 22.9 Å². The molecular formula is C27H20N4O6. The van der Waals surface area contributed by atoms with Crippen molar-refractivity contribution in [1.29, 1.82) is 0 Å². The minimum atomic E-state index is -1.09. The molecule has 1 atom stereocenters. The summed E-state index contributed by atoms with van der Waals surface area (Å²) >= 11 is 0. The van der Waals surface area contributed by atoms with Crippen molar-refractivity contribution in [2.24, 2.45) is 5.73 Å². The molecule has 3 heterocycles. The maximum atomic E-state index is 12.8. The van der Waals surface area contributed by atoms with E-state index in [0.29, 0.717) is 45.2 Å². The van der Waals surface area contributed by atoms with Crippen molar-refractivity contribution in [2.75, 3.05) is 5.32 Å². The number of nitrogens with two attached hydrogens (primary N) is 1. The zero-order chi connectivity index (χ0) is 25.9. The number of esters is 1. The summed E-state index contributed by atoms with van der Waals surface area (Å²) in [5.41, 5.74) is 8.07.